The average molecular weight is 415 g/mol. The number of esters is 1. The van der Waals surface area contributed by atoms with Crippen molar-refractivity contribution in [3.05, 3.63) is 57.8 Å². The number of halogens is 1. The van der Waals surface area contributed by atoms with Gasteiger partial charge in [0.05, 0.1) is 7.11 Å². The van der Waals surface area contributed by atoms with Crippen LogP contribution in [0, 0.1) is 29.6 Å². The molecular formula is C24H27ClO2S. The first kappa shape index (κ1) is 21.0. The van der Waals surface area contributed by atoms with Gasteiger partial charge in [0.15, 0.2) is 0 Å². The first-order valence-corrected chi connectivity index (χ1v) is 11.2. The largest absolute Gasteiger partial charge is 0.465 e. The number of rotatable bonds is 6. The van der Waals surface area contributed by atoms with Crippen LogP contribution in [0.2, 0.25) is 0 Å². The Bertz CT molecular complexity index is 833. The lowest BCUT2D eigenvalue weighted by Gasteiger charge is -2.19. The van der Waals surface area contributed by atoms with Gasteiger partial charge in [-0.2, -0.15) is 0 Å². The lowest BCUT2D eigenvalue weighted by atomic mass is 9.87. The molecule has 2 nitrogen and oxygen atoms in total. The molecule has 4 heteroatoms. The van der Waals surface area contributed by atoms with E-state index in [0.29, 0.717) is 22.6 Å². The normalized spacial score (nSPS) is 23.8. The molecule has 3 rings (SSSR count). The summed E-state index contributed by atoms with van der Waals surface area (Å²) in [4.78, 5) is 13.5. The summed E-state index contributed by atoms with van der Waals surface area (Å²) in [5.74, 6) is 8.05. The van der Waals surface area contributed by atoms with Crippen molar-refractivity contribution in [2.45, 2.75) is 44.4 Å². The fraction of sp³-hybridized carbons (Fsp3) is 0.458. The molecule has 1 heterocycles. The topological polar surface area (TPSA) is 26.3 Å². The van der Waals surface area contributed by atoms with Crippen molar-refractivity contribution >= 4 is 28.9 Å². The summed E-state index contributed by atoms with van der Waals surface area (Å²) in [7, 11) is 1.42. The molecule has 0 aliphatic heterocycles. The maximum atomic E-state index is 11.6. The van der Waals surface area contributed by atoms with Crippen LogP contribution in [0.3, 0.4) is 0 Å². The van der Waals surface area contributed by atoms with E-state index in [4.69, 9.17) is 16.3 Å². The van der Waals surface area contributed by atoms with Crippen LogP contribution in [0.25, 0.3) is 0 Å². The van der Waals surface area contributed by atoms with Gasteiger partial charge in [-0.15, -0.1) is 22.9 Å². The number of hydrogen-bond donors (Lipinski definition) is 0. The number of alkyl halides is 1. The van der Waals surface area contributed by atoms with Gasteiger partial charge < -0.3 is 4.74 Å². The molecule has 1 aromatic heterocycles. The van der Waals surface area contributed by atoms with Gasteiger partial charge in [0.25, 0.3) is 0 Å². The first-order valence-electron chi connectivity index (χ1n) is 9.92. The average Bonchev–Trinajstić information content (AvgIpc) is 3.27. The van der Waals surface area contributed by atoms with E-state index in [1.165, 1.54) is 28.9 Å². The van der Waals surface area contributed by atoms with Crippen molar-refractivity contribution in [1.82, 2.24) is 0 Å². The maximum absolute atomic E-state index is 11.6. The molecule has 1 aromatic carbocycles. The van der Waals surface area contributed by atoms with Crippen molar-refractivity contribution in [3.63, 3.8) is 0 Å². The summed E-state index contributed by atoms with van der Waals surface area (Å²) in [5, 5.41) is 0.208. The van der Waals surface area contributed by atoms with Gasteiger partial charge in [-0.05, 0) is 55.2 Å². The Balaban J connectivity index is 1.55. The van der Waals surface area contributed by atoms with Crippen molar-refractivity contribution in [3.8, 4) is 11.8 Å². The minimum Gasteiger partial charge on any atom is -0.465 e. The van der Waals surface area contributed by atoms with E-state index in [-0.39, 0.29) is 11.3 Å². The lowest BCUT2D eigenvalue weighted by molar-refractivity contribution is 0.0606. The molecule has 1 fully saturated rings. The smallest absolute Gasteiger partial charge is 0.348 e. The molecule has 2 aromatic rings. The Morgan fingerprint density at radius 3 is 2.79 bits per heavy atom. The minimum absolute atomic E-state index is 0.208. The van der Waals surface area contributed by atoms with Crippen LogP contribution in [-0.2, 0) is 17.6 Å². The van der Waals surface area contributed by atoms with E-state index >= 15 is 0 Å². The summed E-state index contributed by atoms with van der Waals surface area (Å²) >= 11 is 8.21. The molecule has 0 unspecified atom stereocenters. The molecule has 148 valence electrons. The Morgan fingerprint density at radius 1 is 1.25 bits per heavy atom. The highest BCUT2D eigenvalue weighted by molar-refractivity contribution is 7.13. The van der Waals surface area contributed by atoms with Crippen LogP contribution >= 0.6 is 22.9 Å². The first-order chi connectivity index (χ1) is 13.6. The van der Waals surface area contributed by atoms with Gasteiger partial charge in [-0.1, -0.05) is 49.1 Å². The fourth-order valence-electron chi connectivity index (χ4n) is 4.03. The van der Waals surface area contributed by atoms with Gasteiger partial charge in [0.1, 0.15) is 4.88 Å². The van der Waals surface area contributed by atoms with Crippen LogP contribution in [-0.4, -0.2) is 18.5 Å². The third-order valence-electron chi connectivity index (χ3n) is 5.55. The van der Waals surface area contributed by atoms with Crippen LogP contribution in [0.1, 0.15) is 46.3 Å². The third-order valence-corrected chi connectivity index (χ3v) is 7.18. The van der Waals surface area contributed by atoms with E-state index in [2.05, 4.69) is 43.0 Å². The summed E-state index contributed by atoms with van der Waals surface area (Å²) in [6, 6.07) is 14.3. The minimum atomic E-state index is -0.254. The number of methoxy groups -OCH3 is 1. The predicted molar refractivity (Wildman–Crippen MR) is 117 cm³/mol. The van der Waals surface area contributed by atoms with E-state index < -0.39 is 0 Å². The summed E-state index contributed by atoms with van der Waals surface area (Å²) in [5.41, 5.74) is 1.26. The zero-order valence-electron chi connectivity index (χ0n) is 16.5. The highest BCUT2D eigenvalue weighted by atomic mass is 35.5. The second kappa shape index (κ2) is 10.1. The number of ether oxygens (including phenoxy) is 1. The Morgan fingerprint density at radius 2 is 2.04 bits per heavy atom. The molecule has 1 aliphatic carbocycles. The van der Waals surface area contributed by atoms with Gasteiger partial charge in [-0.25, -0.2) is 4.79 Å². The number of thiophene rings is 1. The molecule has 1 saturated carbocycles. The number of carbonyl (C=O) groups excluding carboxylic acids is 1. The number of carbonyl (C=O) groups is 1. The second-order valence-electron chi connectivity index (χ2n) is 7.55. The standard InChI is InChI=1S/C24H27ClO2S/c1-17-16-22(25)21(20(17)12-6-10-18-8-4-3-5-9-18)13-7-11-19-14-15-23(28-19)24(26)27-2/h3-5,8-9,14-15,17,20-22H,7,10-11,13,16H2,1-2H3/t17-,20+,21-,22-/m1/s1. The maximum Gasteiger partial charge on any atom is 0.348 e. The van der Waals surface area contributed by atoms with Gasteiger partial charge in [-0.3, -0.25) is 0 Å². The highest BCUT2D eigenvalue weighted by Crippen LogP contribution is 2.42. The molecule has 0 bridgehead atoms. The molecule has 4 atom stereocenters. The zero-order chi connectivity index (χ0) is 19.9. The van der Waals surface area contributed by atoms with E-state index in [1.54, 1.807) is 0 Å². The molecular weight excluding hydrogens is 388 g/mol. The van der Waals surface area contributed by atoms with Crippen LogP contribution < -0.4 is 0 Å². The third kappa shape index (κ3) is 5.40. The molecule has 0 amide bonds. The molecule has 0 saturated heterocycles. The Kier molecular flexibility index (Phi) is 7.59. The second-order valence-corrected chi connectivity index (χ2v) is 9.28. The number of aryl methyl sites for hydroxylation is 1. The van der Waals surface area contributed by atoms with E-state index in [1.807, 2.05) is 18.2 Å². The summed E-state index contributed by atoms with van der Waals surface area (Å²) < 4.78 is 4.78. The highest BCUT2D eigenvalue weighted by Gasteiger charge is 2.38. The lowest BCUT2D eigenvalue weighted by Crippen LogP contribution is -2.16. The number of benzene rings is 1. The summed E-state index contributed by atoms with van der Waals surface area (Å²) in [6.45, 7) is 2.28. The van der Waals surface area contributed by atoms with E-state index in [0.717, 1.165) is 32.1 Å². The summed E-state index contributed by atoms with van der Waals surface area (Å²) in [6.07, 6.45) is 4.96. The van der Waals surface area contributed by atoms with Gasteiger partial charge >= 0.3 is 5.97 Å². The monoisotopic (exact) mass is 414 g/mol. The molecule has 28 heavy (non-hydrogen) atoms. The van der Waals surface area contributed by atoms with Crippen molar-refractivity contribution in [2.75, 3.05) is 7.11 Å². The quantitative estimate of drug-likeness (QED) is 0.330. The SMILES string of the molecule is COC(=O)c1ccc(CCC[C@@H]2[C@@H](C#CCc3ccccc3)[C@H](C)C[C@H]2Cl)s1. The number of hydrogen-bond acceptors (Lipinski definition) is 3. The zero-order valence-corrected chi connectivity index (χ0v) is 18.1. The van der Waals surface area contributed by atoms with Crippen molar-refractivity contribution < 1.29 is 9.53 Å². The fourth-order valence-corrected chi connectivity index (χ4v) is 5.57. The van der Waals surface area contributed by atoms with Crippen LogP contribution in [0.5, 0.6) is 0 Å². The van der Waals surface area contributed by atoms with Crippen LogP contribution in [0.15, 0.2) is 42.5 Å². The molecule has 0 N–H and O–H groups in total. The van der Waals surface area contributed by atoms with Gasteiger partial charge in [0, 0.05) is 22.6 Å². The van der Waals surface area contributed by atoms with Crippen molar-refractivity contribution in [2.24, 2.45) is 17.8 Å². The van der Waals surface area contributed by atoms with Crippen molar-refractivity contribution in [1.29, 1.82) is 0 Å². The van der Waals surface area contributed by atoms with Gasteiger partial charge in [0.2, 0.25) is 0 Å². The van der Waals surface area contributed by atoms with E-state index in [9.17, 15) is 4.79 Å². The molecule has 1 aliphatic rings. The van der Waals surface area contributed by atoms with Crippen LogP contribution in [0.4, 0.5) is 0 Å². The Labute approximate surface area is 177 Å². The molecule has 0 radical (unpaired) electrons. The Hall–Kier alpha value is -1.76. The molecule has 0 spiro atoms. The predicted octanol–water partition coefficient (Wildman–Crippen LogP) is 5.98.